The Morgan fingerprint density at radius 2 is 1.62 bits per heavy atom. The Balaban J connectivity index is 2.58. The van der Waals surface area contributed by atoms with Gasteiger partial charge in [0.1, 0.15) is 0 Å². The SMILES string of the molecule is O=c1[nH]cc(-c2cc(Cl)cc(Cl)c2)cc1F. The predicted octanol–water partition coefficient (Wildman–Crippen LogP) is 3.49. The molecule has 0 fully saturated rings. The zero-order chi connectivity index (χ0) is 11.7. The van der Waals surface area contributed by atoms with Crippen LogP contribution in [0.2, 0.25) is 10.0 Å². The molecule has 0 radical (unpaired) electrons. The van der Waals surface area contributed by atoms with Crippen molar-refractivity contribution in [2.75, 3.05) is 0 Å². The van der Waals surface area contributed by atoms with E-state index < -0.39 is 11.4 Å². The topological polar surface area (TPSA) is 32.9 Å². The minimum Gasteiger partial charge on any atom is -0.326 e. The molecule has 0 saturated heterocycles. The number of H-pyrrole nitrogens is 1. The Morgan fingerprint density at radius 3 is 2.19 bits per heavy atom. The average molecular weight is 258 g/mol. The van der Waals surface area contributed by atoms with Crippen molar-refractivity contribution in [3.05, 3.63) is 56.7 Å². The largest absolute Gasteiger partial charge is 0.326 e. The first-order valence-corrected chi connectivity index (χ1v) is 5.16. The van der Waals surface area contributed by atoms with E-state index in [1.807, 2.05) is 0 Å². The molecule has 0 spiro atoms. The molecule has 0 unspecified atom stereocenters. The summed E-state index contributed by atoms with van der Waals surface area (Å²) in [4.78, 5) is 13.1. The van der Waals surface area contributed by atoms with Gasteiger partial charge in [0.15, 0.2) is 5.82 Å². The smallest absolute Gasteiger partial charge is 0.283 e. The lowest BCUT2D eigenvalue weighted by atomic mass is 10.1. The molecule has 1 N–H and O–H groups in total. The second-order valence-electron chi connectivity index (χ2n) is 3.22. The minimum absolute atomic E-state index is 0.453. The summed E-state index contributed by atoms with van der Waals surface area (Å²) >= 11 is 11.6. The van der Waals surface area contributed by atoms with E-state index in [0.29, 0.717) is 21.2 Å². The highest BCUT2D eigenvalue weighted by molar-refractivity contribution is 6.35. The predicted molar refractivity (Wildman–Crippen MR) is 62.5 cm³/mol. The number of hydrogen-bond donors (Lipinski definition) is 1. The summed E-state index contributed by atoms with van der Waals surface area (Å²) in [6.07, 6.45) is 1.41. The molecule has 2 aromatic rings. The molecule has 1 heterocycles. The van der Waals surface area contributed by atoms with Crippen LogP contribution in [0, 0.1) is 5.82 Å². The molecule has 2 nitrogen and oxygen atoms in total. The van der Waals surface area contributed by atoms with Crippen LogP contribution in [0.5, 0.6) is 0 Å². The van der Waals surface area contributed by atoms with Gasteiger partial charge in [-0.2, -0.15) is 0 Å². The van der Waals surface area contributed by atoms with Gasteiger partial charge in [0.25, 0.3) is 5.56 Å². The van der Waals surface area contributed by atoms with E-state index in [4.69, 9.17) is 23.2 Å². The second-order valence-corrected chi connectivity index (χ2v) is 4.10. The van der Waals surface area contributed by atoms with Crippen LogP contribution in [0.15, 0.2) is 35.3 Å². The first-order valence-electron chi connectivity index (χ1n) is 4.41. The lowest BCUT2D eigenvalue weighted by molar-refractivity contribution is 0.609. The number of aromatic nitrogens is 1. The van der Waals surface area contributed by atoms with Crippen molar-refractivity contribution in [3.63, 3.8) is 0 Å². The molecule has 16 heavy (non-hydrogen) atoms. The summed E-state index contributed by atoms with van der Waals surface area (Å²) < 4.78 is 13.1. The molecule has 0 aliphatic carbocycles. The monoisotopic (exact) mass is 257 g/mol. The van der Waals surface area contributed by atoms with Gasteiger partial charge in [-0.15, -0.1) is 0 Å². The fraction of sp³-hybridized carbons (Fsp3) is 0. The van der Waals surface area contributed by atoms with Gasteiger partial charge >= 0.3 is 0 Å². The minimum atomic E-state index is -0.839. The number of benzene rings is 1. The van der Waals surface area contributed by atoms with Gasteiger partial charge < -0.3 is 4.98 Å². The number of nitrogens with one attached hydrogen (secondary N) is 1. The number of halogens is 3. The summed E-state index contributed by atoms with van der Waals surface area (Å²) in [6, 6.07) is 6.00. The highest BCUT2D eigenvalue weighted by atomic mass is 35.5. The van der Waals surface area contributed by atoms with Gasteiger partial charge in [-0.3, -0.25) is 4.79 Å². The third-order valence-electron chi connectivity index (χ3n) is 2.05. The van der Waals surface area contributed by atoms with E-state index in [0.717, 1.165) is 6.07 Å². The molecular formula is C11H6Cl2FNO. The van der Waals surface area contributed by atoms with Crippen LogP contribution >= 0.6 is 23.2 Å². The highest BCUT2D eigenvalue weighted by Crippen LogP contribution is 2.26. The van der Waals surface area contributed by atoms with Crippen LogP contribution in [0.1, 0.15) is 0 Å². The zero-order valence-corrected chi connectivity index (χ0v) is 9.44. The quantitative estimate of drug-likeness (QED) is 0.834. The van der Waals surface area contributed by atoms with Crippen molar-refractivity contribution in [1.29, 1.82) is 0 Å². The summed E-state index contributed by atoms with van der Waals surface area (Å²) in [7, 11) is 0. The van der Waals surface area contributed by atoms with Crippen molar-refractivity contribution in [2.45, 2.75) is 0 Å². The van der Waals surface area contributed by atoms with Crippen LogP contribution in [-0.2, 0) is 0 Å². The second kappa shape index (κ2) is 4.28. The van der Waals surface area contributed by atoms with Crippen LogP contribution < -0.4 is 5.56 Å². The van der Waals surface area contributed by atoms with Gasteiger partial charge in [0.2, 0.25) is 0 Å². The van der Waals surface area contributed by atoms with Crippen molar-refractivity contribution in [2.24, 2.45) is 0 Å². The lowest BCUT2D eigenvalue weighted by Crippen LogP contribution is -2.09. The highest BCUT2D eigenvalue weighted by Gasteiger charge is 2.04. The first-order chi connectivity index (χ1) is 7.56. The molecule has 1 aromatic carbocycles. The van der Waals surface area contributed by atoms with E-state index >= 15 is 0 Å². The fourth-order valence-electron chi connectivity index (χ4n) is 1.34. The normalized spacial score (nSPS) is 10.4. The summed E-state index contributed by atoms with van der Waals surface area (Å²) in [5.41, 5.74) is 0.408. The Kier molecular flexibility index (Phi) is 2.99. The van der Waals surface area contributed by atoms with Crippen LogP contribution in [-0.4, -0.2) is 4.98 Å². The third-order valence-corrected chi connectivity index (χ3v) is 2.49. The summed E-state index contributed by atoms with van der Waals surface area (Å²) in [5.74, 6) is -0.839. The molecule has 0 aliphatic heterocycles. The van der Waals surface area contributed by atoms with Crippen LogP contribution in [0.4, 0.5) is 4.39 Å². The molecule has 0 atom stereocenters. The lowest BCUT2D eigenvalue weighted by Gasteiger charge is -2.03. The van der Waals surface area contributed by atoms with Crippen molar-refractivity contribution < 1.29 is 4.39 Å². The molecule has 5 heteroatoms. The van der Waals surface area contributed by atoms with Crippen molar-refractivity contribution >= 4 is 23.2 Å². The Labute approximate surface area is 101 Å². The first kappa shape index (κ1) is 11.2. The molecule has 82 valence electrons. The van der Waals surface area contributed by atoms with E-state index in [9.17, 15) is 9.18 Å². The maximum atomic E-state index is 13.1. The summed E-state index contributed by atoms with van der Waals surface area (Å²) in [6.45, 7) is 0. The number of pyridine rings is 1. The molecule has 0 amide bonds. The van der Waals surface area contributed by atoms with Gasteiger partial charge in [0.05, 0.1) is 0 Å². The Bertz CT molecular complexity index is 575. The fourth-order valence-corrected chi connectivity index (χ4v) is 1.87. The van der Waals surface area contributed by atoms with E-state index in [1.54, 1.807) is 18.2 Å². The number of aromatic amines is 1. The molecule has 0 bridgehead atoms. The maximum Gasteiger partial charge on any atom is 0.283 e. The molecular weight excluding hydrogens is 252 g/mol. The van der Waals surface area contributed by atoms with Gasteiger partial charge in [-0.25, -0.2) is 4.39 Å². The molecule has 2 rings (SSSR count). The molecule has 0 aliphatic rings. The van der Waals surface area contributed by atoms with E-state index in [-0.39, 0.29) is 0 Å². The van der Waals surface area contributed by atoms with E-state index in [1.165, 1.54) is 6.20 Å². The van der Waals surface area contributed by atoms with Crippen LogP contribution in [0.3, 0.4) is 0 Å². The standard InChI is InChI=1S/C11H6Cl2FNO/c12-8-1-6(2-9(13)4-8)7-3-10(14)11(16)15-5-7/h1-5H,(H,15,16). The van der Waals surface area contributed by atoms with Gasteiger partial charge in [-0.1, -0.05) is 23.2 Å². The number of rotatable bonds is 1. The zero-order valence-electron chi connectivity index (χ0n) is 7.93. The van der Waals surface area contributed by atoms with Gasteiger partial charge in [-0.05, 0) is 29.8 Å². The van der Waals surface area contributed by atoms with Crippen LogP contribution in [0.25, 0.3) is 11.1 Å². The Morgan fingerprint density at radius 1 is 1.00 bits per heavy atom. The van der Waals surface area contributed by atoms with Crippen molar-refractivity contribution in [3.8, 4) is 11.1 Å². The summed E-state index contributed by atoms with van der Waals surface area (Å²) in [5, 5.41) is 0.906. The molecule has 1 aromatic heterocycles. The third kappa shape index (κ3) is 2.26. The van der Waals surface area contributed by atoms with E-state index in [2.05, 4.69) is 4.98 Å². The maximum absolute atomic E-state index is 13.1. The van der Waals surface area contributed by atoms with Gasteiger partial charge in [0, 0.05) is 21.8 Å². The van der Waals surface area contributed by atoms with Crippen molar-refractivity contribution in [1.82, 2.24) is 4.98 Å². The molecule has 0 saturated carbocycles. The number of hydrogen-bond acceptors (Lipinski definition) is 1. The Hall–Kier alpha value is -1.32. The average Bonchev–Trinajstić information content (AvgIpc) is 2.20.